The topological polar surface area (TPSA) is 62.2 Å². The lowest BCUT2D eigenvalue weighted by atomic mass is 10.1. The summed E-state index contributed by atoms with van der Waals surface area (Å²) >= 11 is 3.22. The molecule has 5 heteroatoms. The van der Waals surface area contributed by atoms with Gasteiger partial charge in [0.25, 0.3) is 0 Å². The van der Waals surface area contributed by atoms with E-state index in [1.54, 1.807) is 30.5 Å². The van der Waals surface area contributed by atoms with E-state index in [2.05, 4.69) is 26.2 Å². The molecule has 1 aromatic carbocycles. The maximum atomic E-state index is 11.8. The Morgan fingerprint density at radius 1 is 1.26 bits per heavy atom. The van der Waals surface area contributed by atoms with Gasteiger partial charge >= 0.3 is 0 Å². The average Bonchev–Trinajstić information content (AvgIpc) is 2.42. The number of amides is 1. The van der Waals surface area contributed by atoms with E-state index < -0.39 is 6.10 Å². The lowest BCUT2D eigenvalue weighted by molar-refractivity contribution is -0.118. The van der Waals surface area contributed by atoms with Crippen molar-refractivity contribution in [2.24, 2.45) is 0 Å². The fourth-order valence-electron chi connectivity index (χ4n) is 1.63. The molecule has 98 valence electrons. The minimum atomic E-state index is -0.801. The molecule has 2 N–H and O–H groups in total. The Morgan fingerprint density at radius 2 is 2.00 bits per heavy atom. The van der Waals surface area contributed by atoms with Gasteiger partial charge in [-0.2, -0.15) is 0 Å². The number of carbonyl (C=O) groups excluding carboxylic acids is 1. The number of hydrogen-bond acceptors (Lipinski definition) is 3. The summed E-state index contributed by atoms with van der Waals surface area (Å²) in [6, 6.07) is 12.6. The largest absolute Gasteiger partial charge is 0.388 e. The summed E-state index contributed by atoms with van der Waals surface area (Å²) in [6.45, 7) is 0. The third kappa shape index (κ3) is 4.15. The first kappa shape index (κ1) is 13.7. The van der Waals surface area contributed by atoms with E-state index in [1.807, 2.05) is 18.2 Å². The highest BCUT2D eigenvalue weighted by Gasteiger charge is 2.12. The minimum Gasteiger partial charge on any atom is -0.388 e. The number of aromatic nitrogens is 1. The average molecular weight is 321 g/mol. The van der Waals surface area contributed by atoms with Gasteiger partial charge in [0.2, 0.25) is 5.91 Å². The van der Waals surface area contributed by atoms with Crippen LogP contribution >= 0.6 is 15.9 Å². The number of aliphatic hydroxyl groups is 1. The number of aliphatic hydroxyl groups excluding tert-OH is 1. The quantitative estimate of drug-likeness (QED) is 0.851. The van der Waals surface area contributed by atoms with Crippen molar-refractivity contribution in [1.82, 2.24) is 4.98 Å². The minimum absolute atomic E-state index is 0.0140. The van der Waals surface area contributed by atoms with E-state index in [-0.39, 0.29) is 12.3 Å². The summed E-state index contributed by atoms with van der Waals surface area (Å²) in [5.74, 6) is -0.250. The Hall–Kier alpha value is -1.72. The van der Waals surface area contributed by atoms with Crippen LogP contribution in [0, 0.1) is 0 Å². The highest BCUT2D eigenvalue weighted by Crippen LogP contribution is 2.17. The van der Waals surface area contributed by atoms with E-state index in [4.69, 9.17) is 0 Å². The Morgan fingerprint density at radius 3 is 2.63 bits per heavy atom. The van der Waals surface area contributed by atoms with Gasteiger partial charge < -0.3 is 10.4 Å². The molecule has 2 rings (SSSR count). The Bertz CT molecular complexity index is 543. The highest BCUT2D eigenvalue weighted by molar-refractivity contribution is 9.10. The van der Waals surface area contributed by atoms with Crippen LogP contribution in [0.4, 0.5) is 5.69 Å². The molecule has 19 heavy (non-hydrogen) atoms. The Balaban J connectivity index is 1.93. The molecule has 1 unspecified atom stereocenters. The predicted octanol–water partition coefficient (Wildman–Crippen LogP) is 2.91. The van der Waals surface area contributed by atoms with E-state index in [0.717, 1.165) is 5.56 Å². The van der Waals surface area contributed by atoms with Crippen LogP contribution in [-0.2, 0) is 4.79 Å². The molecule has 0 bridgehead atoms. The lowest BCUT2D eigenvalue weighted by Gasteiger charge is -2.11. The third-order valence-corrected chi connectivity index (χ3v) is 3.04. The Labute approximate surface area is 119 Å². The van der Waals surface area contributed by atoms with Gasteiger partial charge in [-0.3, -0.25) is 4.79 Å². The molecule has 1 atom stereocenters. The van der Waals surface area contributed by atoms with E-state index in [0.29, 0.717) is 10.3 Å². The number of nitrogens with one attached hydrogen (secondary N) is 1. The molecule has 0 saturated heterocycles. The Kier molecular flexibility index (Phi) is 4.65. The fraction of sp³-hybridized carbons (Fsp3) is 0.143. The number of hydrogen-bond donors (Lipinski definition) is 2. The molecule has 0 aliphatic carbocycles. The van der Waals surface area contributed by atoms with Crippen molar-refractivity contribution >= 4 is 27.5 Å². The van der Waals surface area contributed by atoms with Crippen molar-refractivity contribution in [3.05, 3.63) is 58.8 Å². The third-order valence-electron chi connectivity index (χ3n) is 2.57. The maximum Gasteiger partial charge on any atom is 0.227 e. The van der Waals surface area contributed by atoms with Gasteiger partial charge in [-0.1, -0.05) is 30.3 Å². The second-order valence-corrected chi connectivity index (χ2v) is 4.86. The van der Waals surface area contributed by atoms with Gasteiger partial charge in [0, 0.05) is 0 Å². The molecule has 1 aromatic heterocycles. The molecular formula is C14H13BrN2O2. The standard InChI is InChI=1S/C14H13BrN2O2/c15-13-7-6-11(9-16-13)17-14(19)8-12(18)10-4-2-1-3-5-10/h1-7,9,12,18H,8H2,(H,17,19). The number of rotatable bonds is 4. The van der Waals surface area contributed by atoms with Crippen LogP contribution in [0.2, 0.25) is 0 Å². The maximum absolute atomic E-state index is 11.8. The summed E-state index contributed by atoms with van der Waals surface area (Å²) in [4.78, 5) is 15.8. The van der Waals surface area contributed by atoms with Crippen LogP contribution < -0.4 is 5.32 Å². The normalized spacial score (nSPS) is 11.9. The van der Waals surface area contributed by atoms with Gasteiger partial charge in [0.05, 0.1) is 24.4 Å². The molecule has 1 heterocycles. The zero-order valence-corrected chi connectivity index (χ0v) is 11.7. The van der Waals surface area contributed by atoms with Crippen molar-refractivity contribution < 1.29 is 9.90 Å². The van der Waals surface area contributed by atoms with Crippen LogP contribution in [0.3, 0.4) is 0 Å². The number of carbonyl (C=O) groups is 1. The first-order valence-corrected chi connectivity index (χ1v) is 6.59. The summed E-state index contributed by atoms with van der Waals surface area (Å²) < 4.78 is 0.704. The highest BCUT2D eigenvalue weighted by atomic mass is 79.9. The number of benzene rings is 1. The zero-order chi connectivity index (χ0) is 13.7. The second kappa shape index (κ2) is 6.45. The van der Waals surface area contributed by atoms with Crippen LogP contribution in [0.25, 0.3) is 0 Å². The molecule has 4 nitrogen and oxygen atoms in total. The van der Waals surface area contributed by atoms with Crippen molar-refractivity contribution in [1.29, 1.82) is 0 Å². The van der Waals surface area contributed by atoms with Crippen LogP contribution in [0.1, 0.15) is 18.1 Å². The van der Waals surface area contributed by atoms with Gasteiger partial charge in [0.15, 0.2) is 0 Å². The fourth-order valence-corrected chi connectivity index (χ4v) is 1.86. The predicted molar refractivity (Wildman–Crippen MR) is 76.6 cm³/mol. The molecule has 1 amide bonds. The SMILES string of the molecule is O=C(CC(O)c1ccccc1)Nc1ccc(Br)nc1. The zero-order valence-electron chi connectivity index (χ0n) is 10.1. The molecule has 0 aliphatic rings. The van der Waals surface area contributed by atoms with Crippen LogP contribution in [-0.4, -0.2) is 16.0 Å². The number of nitrogens with zero attached hydrogens (tertiary/aromatic N) is 1. The van der Waals surface area contributed by atoms with E-state index in [1.165, 1.54) is 0 Å². The summed E-state index contributed by atoms with van der Waals surface area (Å²) in [6.07, 6.45) is 0.765. The van der Waals surface area contributed by atoms with Crippen LogP contribution in [0.15, 0.2) is 53.3 Å². The summed E-state index contributed by atoms with van der Waals surface area (Å²) in [5, 5.41) is 12.6. The number of pyridine rings is 1. The van der Waals surface area contributed by atoms with E-state index >= 15 is 0 Å². The van der Waals surface area contributed by atoms with Gasteiger partial charge in [0.1, 0.15) is 4.60 Å². The van der Waals surface area contributed by atoms with Crippen molar-refractivity contribution in [2.75, 3.05) is 5.32 Å². The lowest BCUT2D eigenvalue weighted by Crippen LogP contribution is -2.15. The van der Waals surface area contributed by atoms with Crippen molar-refractivity contribution in [3.63, 3.8) is 0 Å². The van der Waals surface area contributed by atoms with Gasteiger partial charge in [-0.15, -0.1) is 0 Å². The smallest absolute Gasteiger partial charge is 0.227 e. The molecule has 0 saturated carbocycles. The monoisotopic (exact) mass is 320 g/mol. The molecule has 0 radical (unpaired) electrons. The summed E-state index contributed by atoms with van der Waals surface area (Å²) in [5.41, 5.74) is 1.33. The van der Waals surface area contributed by atoms with Gasteiger partial charge in [-0.25, -0.2) is 4.98 Å². The second-order valence-electron chi connectivity index (χ2n) is 4.05. The first-order valence-electron chi connectivity index (χ1n) is 5.79. The van der Waals surface area contributed by atoms with Crippen molar-refractivity contribution in [2.45, 2.75) is 12.5 Å². The molecule has 0 fully saturated rings. The first-order chi connectivity index (χ1) is 9.15. The molecule has 0 aliphatic heterocycles. The molecule has 2 aromatic rings. The summed E-state index contributed by atoms with van der Waals surface area (Å²) in [7, 11) is 0. The van der Waals surface area contributed by atoms with Crippen LogP contribution in [0.5, 0.6) is 0 Å². The molecular weight excluding hydrogens is 308 g/mol. The van der Waals surface area contributed by atoms with E-state index in [9.17, 15) is 9.90 Å². The molecule has 0 spiro atoms. The number of anilines is 1. The van der Waals surface area contributed by atoms with Gasteiger partial charge in [-0.05, 0) is 33.6 Å². The van der Waals surface area contributed by atoms with Crippen molar-refractivity contribution in [3.8, 4) is 0 Å². The number of halogens is 1.